The van der Waals surface area contributed by atoms with Crippen molar-refractivity contribution in [3.05, 3.63) is 34.2 Å². The summed E-state index contributed by atoms with van der Waals surface area (Å²) < 4.78 is 5.41. The lowest BCUT2D eigenvalue weighted by Gasteiger charge is -2.24. The molecule has 1 aromatic carbocycles. The molecule has 2 unspecified atom stereocenters. The fourth-order valence-corrected chi connectivity index (χ4v) is 3.22. The summed E-state index contributed by atoms with van der Waals surface area (Å²) in [6, 6.07) is 2.24. The molecule has 1 aromatic heterocycles. The first-order valence-corrected chi connectivity index (χ1v) is 6.82. The molecule has 21 heavy (non-hydrogen) atoms. The van der Waals surface area contributed by atoms with E-state index in [0.717, 1.165) is 13.0 Å². The Morgan fingerprint density at radius 3 is 2.86 bits per heavy atom. The van der Waals surface area contributed by atoms with Gasteiger partial charge in [-0.05, 0) is 20.0 Å². The maximum absolute atomic E-state index is 11.9. The van der Waals surface area contributed by atoms with E-state index in [0.29, 0.717) is 5.56 Å². The second kappa shape index (κ2) is 5.05. The highest BCUT2D eigenvalue weighted by Gasteiger charge is 2.36. The van der Waals surface area contributed by atoms with Crippen LogP contribution >= 0.6 is 0 Å². The highest BCUT2D eigenvalue weighted by molar-refractivity contribution is 5.88. The molecule has 0 saturated carbocycles. The fraction of sp³-hybridized carbons (Fsp3) is 0.400. The van der Waals surface area contributed by atoms with E-state index in [1.54, 1.807) is 0 Å². The van der Waals surface area contributed by atoms with Gasteiger partial charge in [0.05, 0.1) is 12.9 Å². The number of hydrogen-bond acceptors (Lipinski definition) is 6. The third-order valence-corrected chi connectivity index (χ3v) is 4.31. The minimum absolute atomic E-state index is 0.0555. The monoisotopic (exact) mass is 291 g/mol. The van der Waals surface area contributed by atoms with Gasteiger partial charge in [-0.3, -0.25) is 4.79 Å². The first-order valence-electron chi connectivity index (χ1n) is 6.82. The maximum atomic E-state index is 11.9. The zero-order valence-corrected chi connectivity index (χ0v) is 11.6. The van der Waals surface area contributed by atoms with Crippen molar-refractivity contribution in [3.63, 3.8) is 0 Å². The first-order chi connectivity index (χ1) is 10.0. The molecule has 6 nitrogen and oxygen atoms in total. The molecular weight excluding hydrogens is 274 g/mol. The molecule has 3 rings (SSSR count). The van der Waals surface area contributed by atoms with Crippen molar-refractivity contribution in [2.75, 3.05) is 20.2 Å². The van der Waals surface area contributed by atoms with E-state index >= 15 is 0 Å². The predicted molar refractivity (Wildman–Crippen MR) is 76.7 cm³/mol. The zero-order chi connectivity index (χ0) is 15.1. The number of likely N-dealkylation sites (tertiary alicyclic amines) is 1. The SMILES string of the molecule is CN1CCC(c2c(O)cc(O)c3c(=O)ccoc23)C1CO. The lowest BCUT2D eigenvalue weighted by molar-refractivity contribution is 0.172. The third kappa shape index (κ3) is 2.07. The number of likely N-dealkylation sites (N-methyl/N-ethyl adjacent to an activating group) is 1. The minimum Gasteiger partial charge on any atom is -0.507 e. The van der Waals surface area contributed by atoms with Crippen LogP contribution in [-0.4, -0.2) is 46.5 Å². The third-order valence-electron chi connectivity index (χ3n) is 4.31. The van der Waals surface area contributed by atoms with Gasteiger partial charge in [0, 0.05) is 29.7 Å². The van der Waals surface area contributed by atoms with Gasteiger partial charge < -0.3 is 24.6 Å². The Bertz CT molecular complexity index is 739. The molecule has 112 valence electrons. The zero-order valence-electron chi connectivity index (χ0n) is 11.6. The Morgan fingerprint density at radius 1 is 1.38 bits per heavy atom. The second-order valence-electron chi connectivity index (χ2n) is 5.44. The quantitative estimate of drug-likeness (QED) is 0.763. The fourth-order valence-electron chi connectivity index (χ4n) is 3.22. The molecule has 2 heterocycles. The molecule has 0 bridgehead atoms. The van der Waals surface area contributed by atoms with Crippen LogP contribution in [0.1, 0.15) is 17.9 Å². The highest BCUT2D eigenvalue weighted by atomic mass is 16.3. The number of benzene rings is 1. The summed E-state index contributed by atoms with van der Waals surface area (Å²) in [6.07, 6.45) is 1.98. The summed E-state index contributed by atoms with van der Waals surface area (Å²) in [5.74, 6) is -0.575. The first kappa shape index (κ1) is 13.9. The Labute approximate surface area is 120 Å². The van der Waals surface area contributed by atoms with Crippen LogP contribution in [0.15, 0.2) is 27.6 Å². The number of aromatic hydroxyl groups is 2. The standard InChI is InChI=1S/C15H17NO5/c1-16-4-2-8(9(16)7-17)13-11(19)6-12(20)14-10(18)3-5-21-15(13)14/h3,5-6,8-9,17,19-20H,2,4,7H2,1H3. The van der Waals surface area contributed by atoms with Crippen LogP contribution in [0, 0.1) is 0 Å². The van der Waals surface area contributed by atoms with Gasteiger partial charge in [0.15, 0.2) is 5.43 Å². The molecule has 3 N–H and O–H groups in total. The Kier molecular flexibility index (Phi) is 3.35. The van der Waals surface area contributed by atoms with Crippen LogP contribution in [0.5, 0.6) is 11.5 Å². The van der Waals surface area contributed by atoms with Crippen molar-refractivity contribution in [1.29, 1.82) is 0 Å². The molecule has 0 radical (unpaired) electrons. The van der Waals surface area contributed by atoms with Gasteiger partial charge in [-0.15, -0.1) is 0 Å². The summed E-state index contributed by atoms with van der Waals surface area (Å²) >= 11 is 0. The average Bonchev–Trinajstić information content (AvgIpc) is 2.79. The number of rotatable bonds is 2. The van der Waals surface area contributed by atoms with E-state index in [9.17, 15) is 20.1 Å². The van der Waals surface area contributed by atoms with E-state index in [1.165, 1.54) is 18.4 Å². The van der Waals surface area contributed by atoms with E-state index in [1.807, 2.05) is 11.9 Å². The molecule has 1 fully saturated rings. The average molecular weight is 291 g/mol. The smallest absolute Gasteiger partial charge is 0.196 e. The van der Waals surface area contributed by atoms with Crippen LogP contribution in [0.3, 0.4) is 0 Å². The molecule has 1 aliphatic rings. The predicted octanol–water partition coefficient (Wildman–Crippen LogP) is 0.984. The topological polar surface area (TPSA) is 94.1 Å². The van der Waals surface area contributed by atoms with Crippen LogP contribution in [-0.2, 0) is 0 Å². The number of aliphatic hydroxyl groups is 1. The normalized spacial score (nSPS) is 23.0. The number of nitrogens with zero attached hydrogens (tertiary/aromatic N) is 1. The van der Waals surface area contributed by atoms with Gasteiger partial charge in [0.2, 0.25) is 0 Å². The van der Waals surface area contributed by atoms with Gasteiger partial charge >= 0.3 is 0 Å². The lowest BCUT2D eigenvalue weighted by Crippen LogP contribution is -2.32. The van der Waals surface area contributed by atoms with Crippen molar-refractivity contribution in [2.24, 2.45) is 0 Å². The van der Waals surface area contributed by atoms with Gasteiger partial charge in [-0.25, -0.2) is 0 Å². The van der Waals surface area contributed by atoms with E-state index in [2.05, 4.69) is 0 Å². The van der Waals surface area contributed by atoms with Gasteiger partial charge in [-0.2, -0.15) is 0 Å². The van der Waals surface area contributed by atoms with Crippen LogP contribution in [0.4, 0.5) is 0 Å². The van der Waals surface area contributed by atoms with Crippen molar-refractivity contribution in [3.8, 4) is 11.5 Å². The van der Waals surface area contributed by atoms with Gasteiger partial charge in [-0.1, -0.05) is 0 Å². The van der Waals surface area contributed by atoms with Crippen molar-refractivity contribution < 1.29 is 19.7 Å². The Morgan fingerprint density at radius 2 is 2.14 bits per heavy atom. The summed E-state index contributed by atoms with van der Waals surface area (Å²) in [6.45, 7) is 0.717. The van der Waals surface area contributed by atoms with Crippen molar-refractivity contribution in [2.45, 2.75) is 18.4 Å². The van der Waals surface area contributed by atoms with E-state index < -0.39 is 0 Å². The Balaban J connectivity index is 2.28. The molecular formula is C15H17NO5. The van der Waals surface area contributed by atoms with Crippen molar-refractivity contribution in [1.82, 2.24) is 4.90 Å². The van der Waals surface area contributed by atoms with Crippen LogP contribution in [0.25, 0.3) is 11.0 Å². The molecule has 0 aliphatic carbocycles. The molecule has 2 aromatic rings. The summed E-state index contributed by atoms with van der Waals surface area (Å²) in [5, 5.41) is 29.8. The number of fused-ring (bicyclic) bond motifs is 1. The minimum atomic E-state index is -0.359. The Hall–Kier alpha value is -2.05. The van der Waals surface area contributed by atoms with Gasteiger partial charge in [0.25, 0.3) is 0 Å². The highest BCUT2D eigenvalue weighted by Crippen LogP contribution is 2.43. The van der Waals surface area contributed by atoms with Crippen LogP contribution < -0.4 is 5.43 Å². The molecule has 1 aliphatic heterocycles. The molecule has 1 saturated heterocycles. The molecule has 0 spiro atoms. The maximum Gasteiger partial charge on any atom is 0.196 e. The summed E-state index contributed by atoms with van der Waals surface area (Å²) in [5.41, 5.74) is 0.310. The van der Waals surface area contributed by atoms with E-state index in [-0.39, 0.29) is 46.5 Å². The molecule has 2 atom stereocenters. The van der Waals surface area contributed by atoms with Gasteiger partial charge in [0.1, 0.15) is 22.5 Å². The van der Waals surface area contributed by atoms with Crippen LogP contribution in [0.2, 0.25) is 0 Å². The second-order valence-corrected chi connectivity index (χ2v) is 5.44. The number of phenolic OH excluding ortho intramolecular Hbond substituents is 2. The largest absolute Gasteiger partial charge is 0.507 e. The summed E-state index contributed by atoms with van der Waals surface area (Å²) in [4.78, 5) is 13.9. The van der Waals surface area contributed by atoms with Crippen molar-refractivity contribution >= 4 is 11.0 Å². The van der Waals surface area contributed by atoms with E-state index in [4.69, 9.17) is 4.42 Å². The lowest BCUT2D eigenvalue weighted by atomic mass is 9.89. The molecule has 6 heteroatoms. The number of aliphatic hydroxyl groups excluding tert-OH is 1. The number of hydrogen-bond donors (Lipinski definition) is 3. The molecule has 0 amide bonds. The number of phenols is 2. The summed E-state index contributed by atoms with van der Waals surface area (Å²) in [7, 11) is 1.90.